The number of hydrogen-bond acceptors (Lipinski definition) is 3. The molecule has 0 unspecified atom stereocenters. The molecule has 0 bridgehead atoms. The predicted octanol–water partition coefficient (Wildman–Crippen LogP) is 1.28. The fraction of sp³-hybridized carbons (Fsp3) is 0.154. The van der Waals surface area contributed by atoms with E-state index >= 15 is 0 Å². The fourth-order valence-electron chi connectivity index (χ4n) is 1.62. The molecule has 1 aromatic carbocycles. The van der Waals surface area contributed by atoms with E-state index in [0.29, 0.717) is 17.1 Å². The molecule has 1 amide bonds. The summed E-state index contributed by atoms with van der Waals surface area (Å²) in [6, 6.07) is 6.87. The molecule has 6 heteroatoms. The molecule has 0 spiro atoms. The molecule has 0 radical (unpaired) electrons. The average Bonchev–Trinajstić information content (AvgIpc) is 2.81. The van der Waals surface area contributed by atoms with Gasteiger partial charge in [0.05, 0.1) is 6.20 Å². The third kappa shape index (κ3) is 3.17. The third-order valence-electron chi connectivity index (χ3n) is 2.81. The van der Waals surface area contributed by atoms with Gasteiger partial charge >= 0.3 is 0 Å². The van der Waals surface area contributed by atoms with Crippen molar-refractivity contribution in [1.82, 2.24) is 15.5 Å². The van der Waals surface area contributed by atoms with Crippen molar-refractivity contribution in [2.75, 3.05) is 0 Å². The molecular weight excluding hydrogens is 260 g/mol. The Labute approximate surface area is 116 Å². The Morgan fingerprint density at radius 3 is 2.53 bits per heavy atom. The molecule has 19 heavy (non-hydrogen) atoms. The number of aromatic amines is 1. The van der Waals surface area contributed by atoms with E-state index in [2.05, 4.69) is 15.5 Å². The summed E-state index contributed by atoms with van der Waals surface area (Å²) in [5, 5.41) is 9.55. The molecule has 0 aliphatic carbocycles. The van der Waals surface area contributed by atoms with Crippen molar-refractivity contribution in [3.05, 3.63) is 52.8 Å². The zero-order valence-electron chi connectivity index (χ0n) is 10.4. The highest BCUT2D eigenvalue weighted by atomic mass is 32.1. The van der Waals surface area contributed by atoms with Gasteiger partial charge in [0, 0.05) is 28.9 Å². The van der Waals surface area contributed by atoms with E-state index in [1.165, 1.54) is 0 Å². The Hall–Kier alpha value is -2.21. The number of nitrogens with one attached hydrogen (secondary N) is 2. The largest absolute Gasteiger partial charge is 0.389 e. The monoisotopic (exact) mass is 274 g/mol. The van der Waals surface area contributed by atoms with Gasteiger partial charge in [0.15, 0.2) is 0 Å². The zero-order chi connectivity index (χ0) is 13.8. The number of carbonyl (C=O) groups excluding carboxylic acids is 1. The molecule has 5 nitrogen and oxygen atoms in total. The summed E-state index contributed by atoms with van der Waals surface area (Å²) in [7, 11) is 0. The van der Waals surface area contributed by atoms with Gasteiger partial charge in [-0.2, -0.15) is 5.10 Å². The molecule has 2 rings (SSSR count). The zero-order valence-corrected chi connectivity index (χ0v) is 11.3. The molecule has 0 fully saturated rings. The molecule has 1 aromatic heterocycles. The minimum absolute atomic E-state index is 0.143. The summed E-state index contributed by atoms with van der Waals surface area (Å²) in [4.78, 5) is 12.2. The van der Waals surface area contributed by atoms with E-state index in [9.17, 15) is 4.79 Å². The van der Waals surface area contributed by atoms with Gasteiger partial charge in [-0.25, -0.2) is 0 Å². The van der Waals surface area contributed by atoms with E-state index in [-0.39, 0.29) is 5.91 Å². The first-order valence-electron chi connectivity index (χ1n) is 5.75. The van der Waals surface area contributed by atoms with Gasteiger partial charge in [0.2, 0.25) is 0 Å². The maximum Gasteiger partial charge on any atom is 0.251 e. The Morgan fingerprint density at radius 2 is 2.00 bits per heavy atom. The van der Waals surface area contributed by atoms with Crippen molar-refractivity contribution in [2.45, 2.75) is 13.5 Å². The molecule has 0 saturated carbocycles. The van der Waals surface area contributed by atoms with Gasteiger partial charge in [0.1, 0.15) is 4.99 Å². The van der Waals surface area contributed by atoms with Crippen LogP contribution in [0.5, 0.6) is 0 Å². The van der Waals surface area contributed by atoms with Gasteiger partial charge in [-0.1, -0.05) is 24.4 Å². The van der Waals surface area contributed by atoms with Crippen LogP contribution in [0.4, 0.5) is 0 Å². The normalized spacial score (nSPS) is 10.2. The summed E-state index contributed by atoms with van der Waals surface area (Å²) in [5.74, 6) is -0.143. The number of amides is 1. The van der Waals surface area contributed by atoms with Gasteiger partial charge in [-0.3, -0.25) is 9.89 Å². The smallest absolute Gasteiger partial charge is 0.251 e. The summed E-state index contributed by atoms with van der Waals surface area (Å²) in [6.45, 7) is 2.35. The topological polar surface area (TPSA) is 83.8 Å². The highest BCUT2D eigenvalue weighted by Crippen LogP contribution is 2.06. The molecule has 4 N–H and O–H groups in total. The van der Waals surface area contributed by atoms with E-state index in [1.54, 1.807) is 30.5 Å². The lowest BCUT2D eigenvalue weighted by Crippen LogP contribution is -2.23. The summed E-state index contributed by atoms with van der Waals surface area (Å²) in [5.41, 5.74) is 8.73. The van der Waals surface area contributed by atoms with E-state index < -0.39 is 0 Å². The number of nitrogens with two attached hydrogens (primary N) is 1. The second-order valence-electron chi connectivity index (χ2n) is 4.14. The third-order valence-corrected chi connectivity index (χ3v) is 3.04. The van der Waals surface area contributed by atoms with Crippen LogP contribution in [0.15, 0.2) is 30.5 Å². The first-order chi connectivity index (χ1) is 9.08. The molecule has 0 aliphatic heterocycles. The maximum atomic E-state index is 11.9. The second kappa shape index (κ2) is 5.62. The number of nitrogens with zero attached hydrogens (tertiary/aromatic N) is 1. The van der Waals surface area contributed by atoms with Gasteiger partial charge in [-0.15, -0.1) is 0 Å². The molecule has 2 aromatic rings. The lowest BCUT2D eigenvalue weighted by atomic mass is 10.1. The van der Waals surface area contributed by atoms with E-state index in [4.69, 9.17) is 18.0 Å². The van der Waals surface area contributed by atoms with Crippen LogP contribution < -0.4 is 11.1 Å². The van der Waals surface area contributed by atoms with Crippen LogP contribution in [0.3, 0.4) is 0 Å². The number of aryl methyl sites for hydroxylation is 1. The highest BCUT2D eigenvalue weighted by molar-refractivity contribution is 7.80. The van der Waals surface area contributed by atoms with Crippen molar-refractivity contribution < 1.29 is 4.79 Å². The van der Waals surface area contributed by atoms with Crippen LogP contribution in [-0.4, -0.2) is 21.1 Å². The number of H-pyrrole nitrogens is 1. The Balaban J connectivity index is 2.00. The number of aromatic nitrogens is 2. The standard InChI is InChI=1S/C13H14N4OS/c1-8-11(7-16-17-8)6-15-13(18)10-4-2-9(3-5-10)12(14)19/h2-5,7H,6H2,1H3,(H2,14,19)(H,15,18)(H,16,17). The van der Waals surface area contributed by atoms with Gasteiger partial charge < -0.3 is 11.1 Å². The van der Waals surface area contributed by atoms with Crippen LogP contribution in [-0.2, 0) is 6.54 Å². The summed E-state index contributed by atoms with van der Waals surface area (Å²) in [6.07, 6.45) is 1.70. The van der Waals surface area contributed by atoms with Crippen LogP contribution in [0.25, 0.3) is 0 Å². The number of hydrogen-bond donors (Lipinski definition) is 3. The predicted molar refractivity (Wildman–Crippen MR) is 76.8 cm³/mol. The quantitative estimate of drug-likeness (QED) is 0.733. The van der Waals surface area contributed by atoms with E-state index in [1.807, 2.05) is 6.92 Å². The molecule has 1 heterocycles. The SMILES string of the molecule is Cc1[nH]ncc1CNC(=O)c1ccc(C(N)=S)cc1. The molecule has 0 aliphatic rings. The van der Waals surface area contributed by atoms with Crippen LogP contribution in [0, 0.1) is 6.92 Å². The van der Waals surface area contributed by atoms with Crippen LogP contribution in [0.1, 0.15) is 27.2 Å². The summed E-state index contributed by atoms with van der Waals surface area (Å²) >= 11 is 4.86. The Bertz CT molecular complexity index is 603. The van der Waals surface area contributed by atoms with Crippen molar-refractivity contribution in [1.29, 1.82) is 0 Å². The highest BCUT2D eigenvalue weighted by Gasteiger charge is 2.07. The lowest BCUT2D eigenvalue weighted by Gasteiger charge is -2.05. The number of benzene rings is 1. The number of rotatable bonds is 4. The summed E-state index contributed by atoms with van der Waals surface area (Å²) < 4.78 is 0. The van der Waals surface area contributed by atoms with E-state index in [0.717, 1.165) is 16.8 Å². The first kappa shape index (κ1) is 13.2. The maximum absolute atomic E-state index is 11.9. The van der Waals surface area contributed by atoms with Crippen molar-refractivity contribution >= 4 is 23.1 Å². The second-order valence-corrected chi connectivity index (χ2v) is 4.58. The molecule has 0 atom stereocenters. The Morgan fingerprint density at radius 1 is 1.37 bits per heavy atom. The molecule has 0 saturated heterocycles. The minimum Gasteiger partial charge on any atom is -0.389 e. The lowest BCUT2D eigenvalue weighted by molar-refractivity contribution is 0.0951. The van der Waals surface area contributed by atoms with Crippen molar-refractivity contribution in [3.8, 4) is 0 Å². The molecule has 98 valence electrons. The van der Waals surface area contributed by atoms with Gasteiger partial charge in [0.25, 0.3) is 5.91 Å². The average molecular weight is 274 g/mol. The number of thiocarbonyl (C=S) groups is 1. The van der Waals surface area contributed by atoms with Crippen LogP contribution in [0.2, 0.25) is 0 Å². The van der Waals surface area contributed by atoms with Crippen molar-refractivity contribution in [2.24, 2.45) is 5.73 Å². The number of carbonyl (C=O) groups is 1. The molecular formula is C13H14N4OS. The minimum atomic E-state index is -0.143. The van der Waals surface area contributed by atoms with Gasteiger partial charge in [-0.05, 0) is 19.1 Å². The Kier molecular flexibility index (Phi) is 3.91. The fourth-order valence-corrected chi connectivity index (χ4v) is 1.75. The first-order valence-corrected chi connectivity index (χ1v) is 6.15. The van der Waals surface area contributed by atoms with Crippen LogP contribution >= 0.6 is 12.2 Å². The van der Waals surface area contributed by atoms with Crippen molar-refractivity contribution in [3.63, 3.8) is 0 Å².